The number of hydrogen-bond acceptors (Lipinski definition) is 8. The Morgan fingerprint density at radius 1 is 0.941 bits per heavy atom. The lowest BCUT2D eigenvalue weighted by atomic mass is 10.1. The molecule has 2 rings (SSSR count). The van der Waals surface area contributed by atoms with E-state index in [0.29, 0.717) is 21.8 Å². The molecule has 0 spiro atoms. The Kier molecular flexibility index (Phi) is 7.99. The highest BCUT2D eigenvalue weighted by Crippen LogP contribution is 2.26. The molecule has 2 aromatic rings. The summed E-state index contributed by atoms with van der Waals surface area (Å²) in [5.41, 5.74) is 5.78. The molecule has 0 bridgehead atoms. The van der Waals surface area contributed by atoms with Crippen molar-refractivity contribution >= 4 is 29.8 Å². The highest BCUT2D eigenvalue weighted by atomic mass is 16.6. The Hall–Kier alpha value is -3.95. The lowest BCUT2D eigenvalue weighted by Crippen LogP contribution is -2.49. The van der Waals surface area contributed by atoms with Crippen LogP contribution in [0.1, 0.15) is 51.9 Å². The van der Waals surface area contributed by atoms with Gasteiger partial charge >= 0.3 is 18.2 Å². The second-order valence-corrected chi connectivity index (χ2v) is 9.21. The van der Waals surface area contributed by atoms with Gasteiger partial charge in [-0.15, -0.1) is 4.90 Å². The fraction of sp³-hybridized carbons (Fsp3) is 0.375. The summed E-state index contributed by atoms with van der Waals surface area (Å²) in [6, 6.07) is 9.82. The summed E-state index contributed by atoms with van der Waals surface area (Å²) < 4.78 is 15.4. The molecule has 0 atom stereocenters. The van der Waals surface area contributed by atoms with Crippen LogP contribution in [0.4, 0.5) is 15.3 Å². The smallest absolute Gasteiger partial charge is 0.427 e. The summed E-state index contributed by atoms with van der Waals surface area (Å²) in [5.74, 6) is -0.993. The SMILES string of the molecule is COC(=O)c1cccnc1-c1cccc(/N=C(\N)N(C(=O)OC(C)(C)C)C(=O)OC(C)(C)C)c1. The number of guanidine groups is 1. The molecule has 10 heteroatoms. The topological polar surface area (TPSA) is 133 Å². The second kappa shape index (κ2) is 10.3. The number of carbonyl (C=O) groups is 3. The summed E-state index contributed by atoms with van der Waals surface area (Å²) in [7, 11) is 1.28. The number of benzene rings is 1. The quantitative estimate of drug-likeness (QED) is 0.296. The Morgan fingerprint density at radius 3 is 2.06 bits per heavy atom. The van der Waals surface area contributed by atoms with Gasteiger partial charge in [0.25, 0.3) is 0 Å². The first-order chi connectivity index (χ1) is 15.7. The van der Waals surface area contributed by atoms with Crippen LogP contribution in [0.5, 0.6) is 0 Å². The van der Waals surface area contributed by atoms with Crippen LogP contribution < -0.4 is 5.73 Å². The van der Waals surface area contributed by atoms with Gasteiger partial charge in [0.2, 0.25) is 5.96 Å². The van der Waals surface area contributed by atoms with E-state index in [1.165, 1.54) is 7.11 Å². The number of methoxy groups -OCH3 is 1. The van der Waals surface area contributed by atoms with Gasteiger partial charge in [-0.3, -0.25) is 4.98 Å². The van der Waals surface area contributed by atoms with Crippen molar-refractivity contribution < 1.29 is 28.6 Å². The van der Waals surface area contributed by atoms with Gasteiger partial charge in [-0.05, 0) is 65.8 Å². The van der Waals surface area contributed by atoms with E-state index in [4.69, 9.17) is 19.9 Å². The molecule has 0 radical (unpaired) electrons. The zero-order chi connectivity index (χ0) is 25.7. The second-order valence-electron chi connectivity index (χ2n) is 9.21. The molecule has 182 valence electrons. The molecular formula is C24H30N4O6. The maximum Gasteiger partial charge on any atom is 0.427 e. The zero-order valence-electron chi connectivity index (χ0n) is 20.4. The van der Waals surface area contributed by atoms with Crippen molar-refractivity contribution in [1.82, 2.24) is 9.88 Å². The van der Waals surface area contributed by atoms with Crippen LogP contribution in [0.3, 0.4) is 0 Å². The van der Waals surface area contributed by atoms with Gasteiger partial charge in [-0.25, -0.2) is 19.4 Å². The third-order valence-electron chi connectivity index (χ3n) is 3.96. The summed E-state index contributed by atoms with van der Waals surface area (Å²) in [6.07, 6.45) is -0.521. The van der Waals surface area contributed by atoms with Crippen molar-refractivity contribution in [2.75, 3.05) is 7.11 Å². The summed E-state index contributed by atoms with van der Waals surface area (Å²) in [6.45, 7) is 9.92. The molecule has 1 heterocycles. The first-order valence-electron chi connectivity index (χ1n) is 10.5. The number of pyridine rings is 1. The van der Waals surface area contributed by atoms with E-state index in [2.05, 4.69) is 9.98 Å². The third-order valence-corrected chi connectivity index (χ3v) is 3.96. The van der Waals surface area contributed by atoms with Crippen molar-refractivity contribution in [3.63, 3.8) is 0 Å². The van der Waals surface area contributed by atoms with Gasteiger partial charge < -0.3 is 19.9 Å². The molecule has 2 amide bonds. The summed E-state index contributed by atoms with van der Waals surface area (Å²) in [5, 5.41) is 0. The van der Waals surface area contributed by atoms with Crippen LogP contribution in [0.25, 0.3) is 11.3 Å². The number of ether oxygens (including phenoxy) is 3. The van der Waals surface area contributed by atoms with E-state index < -0.39 is 35.3 Å². The van der Waals surface area contributed by atoms with Crippen molar-refractivity contribution in [2.24, 2.45) is 10.7 Å². The number of carbonyl (C=O) groups excluding carboxylic acids is 3. The van der Waals surface area contributed by atoms with Gasteiger partial charge in [-0.1, -0.05) is 12.1 Å². The van der Waals surface area contributed by atoms with Crippen LogP contribution in [0.2, 0.25) is 0 Å². The van der Waals surface area contributed by atoms with E-state index in [1.54, 1.807) is 84.1 Å². The molecule has 1 aromatic heterocycles. The number of aromatic nitrogens is 1. The normalized spacial score (nSPS) is 12.0. The maximum absolute atomic E-state index is 12.7. The van der Waals surface area contributed by atoms with Crippen LogP contribution in [0, 0.1) is 0 Å². The molecule has 0 fully saturated rings. The number of rotatable bonds is 3. The highest BCUT2D eigenvalue weighted by molar-refractivity contribution is 6.08. The Morgan fingerprint density at radius 2 is 1.53 bits per heavy atom. The van der Waals surface area contributed by atoms with Crippen molar-refractivity contribution in [3.05, 3.63) is 48.2 Å². The Bertz CT molecular complexity index is 1070. The Labute approximate surface area is 198 Å². The average molecular weight is 471 g/mol. The summed E-state index contributed by atoms with van der Waals surface area (Å²) in [4.78, 5) is 46.6. The fourth-order valence-electron chi connectivity index (χ4n) is 2.69. The van der Waals surface area contributed by atoms with Crippen molar-refractivity contribution in [1.29, 1.82) is 0 Å². The number of hydrogen-bond donors (Lipinski definition) is 1. The maximum atomic E-state index is 12.7. The van der Waals surface area contributed by atoms with Crippen LogP contribution >= 0.6 is 0 Å². The lowest BCUT2D eigenvalue weighted by molar-refractivity contribution is 0.0145. The van der Waals surface area contributed by atoms with Crippen LogP contribution in [-0.2, 0) is 14.2 Å². The van der Waals surface area contributed by atoms with Crippen LogP contribution in [0.15, 0.2) is 47.6 Å². The number of imide groups is 1. The first kappa shape index (κ1) is 26.3. The van der Waals surface area contributed by atoms with Crippen molar-refractivity contribution in [2.45, 2.75) is 52.7 Å². The van der Waals surface area contributed by atoms with Gasteiger partial charge in [0.05, 0.1) is 24.1 Å². The average Bonchev–Trinajstić information content (AvgIpc) is 2.70. The van der Waals surface area contributed by atoms with Gasteiger partial charge in [0.15, 0.2) is 0 Å². The molecule has 0 unspecified atom stereocenters. The number of nitrogens with zero attached hydrogens (tertiary/aromatic N) is 3. The van der Waals surface area contributed by atoms with Gasteiger partial charge in [0.1, 0.15) is 11.2 Å². The fourth-order valence-corrected chi connectivity index (χ4v) is 2.69. The van der Waals surface area contributed by atoms with Crippen molar-refractivity contribution in [3.8, 4) is 11.3 Å². The Balaban J connectivity index is 2.48. The van der Waals surface area contributed by atoms with E-state index in [1.807, 2.05) is 0 Å². The highest BCUT2D eigenvalue weighted by Gasteiger charge is 2.34. The predicted molar refractivity (Wildman–Crippen MR) is 127 cm³/mol. The largest absolute Gasteiger partial charge is 0.465 e. The molecule has 0 saturated carbocycles. The predicted octanol–water partition coefficient (Wildman–Crippen LogP) is 4.65. The van der Waals surface area contributed by atoms with Crippen LogP contribution in [-0.4, -0.2) is 52.3 Å². The minimum atomic E-state index is -1.03. The molecule has 0 saturated heterocycles. The number of nitrogens with two attached hydrogens (primary N) is 1. The van der Waals surface area contributed by atoms with Gasteiger partial charge in [0, 0.05) is 11.8 Å². The molecule has 10 nitrogen and oxygen atoms in total. The molecule has 2 N–H and O–H groups in total. The van der Waals surface area contributed by atoms with Gasteiger partial charge in [-0.2, -0.15) is 0 Å². The lowest BCUT2D eigenvalue weighted by Gasteiger charge is -2.27. The molecular weight excluding hydrogens is 440 g/mol. The minimum Gasteiger partial charge on any atom is -0.465 e. The standard InChI is InChI=1S/C24H30N4O6/c1-23(2,3)33-21(30)28(22(31)34-24(4,5)6)20(25)27-16-11-8-10-15(14-16)18-17(19(29)32-7)12-9-13-26-18/h8-14H,1-7H3,(H2,25,27). The molecule has 0 aliphatic rings. The van der Waals surface area contributed by atoms with E-state index >= 15 is 0 Å². The molecule has 0 aliphatic heterocycles. The van der Waals surface area contributed by atoms with E-state index in [9.17, 15) is 14.4 Å². The first-order valence-corrected chi connectivity index (χ1v) is 10.5. The minimum absolute atomic E-state index is 0.267. The molecule has 34 heavy (non-hydrogen) atoms. The monoisotopic (exact) mass is 470 g/mol. The zero-order valence-corrected chi connectivity index (χ0v) is 20.4. The number of esters is 1. The summed E-state index contributed by atoms with van der Waals surface area (Å²) >= 11 is 0. The number of aliphatic imine (C=N–C) groups is 1. The molecule has 1 aromatic carbocycles. The van der Waals surface area contributed by atoms with E-state index in [-0.39, 0.29) is 5.56 Å². The third kappa shape index (κ3) is 7.29. The number of amides is 2. The molecule has 0 aliphatic carbocycles. The van der Waals surface area contributed by atoms with E-state index in [0.717, 1.165) is 0 Å².